The van der Waals surface area contributed by atoms with Gasteiger partial charge < -0.3 is 30.7 Å². The van der Waals surface area contributed by atoms with Crippen molar-refractivity contribution in [2.24, 2.45) is 5.92 Å². The maximum Gasteiger partial charge on any atom is 0.237 e. The molecule has 2 aliphatic heterocycles. The van der Waals surface area contributed by atoms with Gasteiger partial charge in [-0.2, -0.15) is 0 Å². The fraction of sp³-hybridized carbons (Fsp3) is 0.957. The molecule has 32 heavy (non-hydrogen) atoms. The average molecular weight is 495 g/mol. The predicted molar refractivity (Wildman–Crippen MR) is 130 cm³/mol. The second-order valence-corrected chi connectivity index (χ2v) is 11.0. The quantitative estimate of drug-likeness (QED) is 0.221. The van der Waals surface area contributed by atoms with Crippen LogP contribution >= 0.6 is 23.4 Å². The maximum absolute atomic E-state index is 13.1. The monoisotopic (exact) mass is 494 g/mol. The van der Waals surface area contributed by atoms with Gasteiger partial charge in [-0.15, -0.1) is 23.4 Å². The van der Waals surface area contributed by atoms with E-state index in [4.69, 9.17) is 16.3 Å². The standard InChI is InChI=1S/C23H43ClN2O5S/c1-4-5-6-7-8-9-15-10-11-16(25-13-12-15)22(30)26-17(14(2)24)21-19(28)18(27)20(29)23(31-21)32-3/h14-21,23,25,27-29H,4-13H2,1-3H3,(H,26,30)/t14-,15-,16-,17+,18?,19?,20+,21+,23?/m0/s1. The van der Waals surface area contributed by atoms with Gasteiger partial charge in [0.1, 0.15) is 29.9 Å². The fourth-order valence-electron chi connectivity index (χ4n) is 4.75. The van der Waals surface area contributed by atoms with E-state index in [1.807, 2.05) is 0 Å². The molecule has 1 amide bonds. The van der Waals surface area contributed by atoms with Crippen molar-refractivity contribution in [1.29, 1.82) is 0 Å². The van der Waals surface area contributed by atoms with E-state index in [-0.39, 0.29) is 11.9 Å². The SMILES string of the molecule is CCCCCCC[C@@H]1CCN[C@H](C(=O)N[C@H]([C@H](C)Cl)[C@H]2OC(SC)[C@H](O)C(O)C2O)CC1. The molecule has 0 aromatic carbocycles. The number of halogens is 1. The van der Waals surface area contributed by atoms with Gasteiger partial charge in [0.05, 0.1) is 17.5 Å². The van der Waals surface area contributed by atoms with E-state index in [0.717, 1.165) is 25.8 Å². The fourth-order valence-corrected chi connectivity index (χ4v) is 5.63. The van der Waals surface area contributed by atoms with Crippen molar-refractivity contribution in [3.63, 3.8) is 0 Å². The third-order valence-electron chi connectivity index (χ3n) is 6.84. The average Bonchev–Trinajstić information content (AvgIpc) is 3.02. The van der Waals surface area contributed by atoms with E-state index < -0.39 is 41.3 Å². The Hall–Kier alpha value is -0.0900. The van der Waals surface area contributed by atoms with E-state index in [1.54, 1.807) is 13.2 Å². The van der Waals surface area contributed by atoms with Crippen LogP contribution in [0.15, 0.2) is 0 Å². The zero-order chi connectivity index (χ0) is 23.7. The Morgan fingerprint density at radius 1 is 1.12 bits per heavy atom. The Labute approximate surface area is 202 Å². The molecular weight excluding hydrogens is 452 g/mol. The number of hydrogen-bond donors (Lipinski definition) is 5. The van der Waals surface area contributed by atoms with Gasteiger partial charge in [-0.05, 0) is 44.9 Å². The van der Waals surface area contributed by atoms with Crippen molar-refractivity contribution in [3.8, 4) is 0 Å². The summed E-state index contributed by atoms with van der Waals surface area (Å²) in [5, 5.41) is 36.7. The third kappa shape index (κ3) is 8.00. The molecule has 7 nitrogen and oxygen atoms in total. The van der Waals surface area contributed by atoms with E-state index in [0.29, 0.717) is 5.92 Å². The summed E-state index contributed by atoms with van der Waals surface area (Å²) < 4.78 is 5.84. The van der Waals surface area contributed by atoms with Gasteiger partial charge in [0.25, 0.3) is 0 Å². The summed E-state index contributed by atoms with van der Waals surface area (Å²) in [6.07, 6.45) is 7.42. The molecule has 5 N–H and O–H groups in total. The summed E-state index contributed by atoms with van der Waals surface area (Å²) in [6.45, 7) is 4.76. The summed E-state index contributed by atoms with van der Waals surface area (Å²) in [7, 11) is 0. The van der Waals surface area contributed by atoms with Crippen LogP contribution in [0.25, 0.3) is 0 Å². The van der Waals surface area contributed by atoms with E-state index in [9.17, 15) is 20.1 Å². The lowest BCUT2D eigenvalue weighted by molar-refractivity contribution is -0.205. The van der Waals surface area contributed by atoms with Crippen LogP contribution in [0.1, 0.15) is 71.6 Å². The number of ether oxygens (including phenoxy) is 1. The van der Waals surface area contributed by atoms with Crippen molar-refractivity contribution in [1.82, 2.24) is 10.6 Å². The van der Waals surface area contributed by atoms with Crippen LogP contribution in [0, 0.1) is 5.92 Å². The van der Waals surface area contributed by atoms with E-state index in [2.05, 4.69) is 17.6 Å². The maximum atomic E-state index is 13.1. The summed E-state index contributed by atoms with van der Waals surface area (Å²) >= 11 is 7.61. The summed E-state index contributed by atoms with van der Waals surface area (Å²) in [5.74, 6) is 0.482. The van der Waals surface area contributed by atoms with Gasteiger partial charge in [-0.1, -0.05) is 45.4 Å². The smallest absolute Gasteiger partial charge is 0.237 e. The number of alkyl halides is 1. The molecule has 2 aliphatic rings. The zero-order valence-corrected chi connectivity index (χ0v) is 21.3. The molecule has 3 unspecified atom stereocenters. The van der Waals surface area contributed by atoms with Crippen LogP contribution in [0.5, 0.6) is 0 Å². The number of aliphatic hydroxyl groups excluding tert-OH is 3. The Kier molecular flexibility index (Phi) is 12.6. The molecule has 9 atom stereocenters. The van der Waals surface area contributed by atoms with Crippen LogP contribution in [0.4, 0.5) is 0 Å². The highest BCUT2D eigenvalue weighted by Crippen LogP contribution is 2.30. The first-order valence-electron chi connectivity index (χ1n) is 12.2. The lowest BCUT2D eigenvalue weighted by Gasteiger charge is -2.44. The molecule has 0 radical (unpaired) electrons. The molecule has 2 fully saturated rings. The van der Waals surface area contributed by atoms with Crippen LogP contribution in [0.2, 0.25) is 0 Å². The normalized spacial score (nSPS) is 35.7. The zero-order valence-electron chi connectivity index (χ0n) is 19.7. The number of unbranched alkanes of at least 4 members (excludes halogenated alkanes) is 4. The van der Waals surface area contributed by atoms with Crippen molar-refractivity contribution in [2.45, 2.75) is 119 Å². The van der Waals surface area contributed by atoms with E-state index in [1.165, 1.54) is 50.3 Å². The number of rotatable bonds is 11. The number of carbonyl (C=O) groups excluding carboxylic acids is 1. The Morgan fingerprint density at radius 2 is 1.84 bits per heavy atom. The van der Waals surface area contributed by atoms with Crippen molar-refractivity contribution in [3.05, 3.63) is 0 Å². The third-order valence-corrected chi connectivity index (χ3v) is 7.96. The second-order valence-electron chi connectivity index (χ2n) is 9.33. The molecule has 0 aromatic heterocycles. The topological polar surface area (TPSA) is 111 Å². The lowest BCUT2D eigenvalue weighted by atomic mass is 9.92. The highest BCUT2D eigenvalue weighted by molar-refractivity contribution is 7.99. The Morgan fingerprint density at radius 3 is 2.50 bits per heavy atom. The minimum absolute atomic E-state index is 0.164. The van der Waals surface area contributed by atoms with Gasteiger partial charge >= 0.3 is 0 Å². The first-order valence-corrected chi connectivity index (χ1v) is 13.9. The van der Waals surface area contributed by atoms with Crippen molar-refractivity contribution in [2.75, 3.05) is 12.8 Å². The van der Waals surface area contributed by atoms with Gasteiger partial charge in [0, 0.05) is 0 Å². The summed E-state index contributed by atoms with van der Waals surface area (Å²) in [4.78, 5) is 13.1. The second kappa shape index (κ2) is 14.3. The van der Waals surface area contributed by atoms with Gasteiger partial charge in [0.15, 0.2) is 0 Å². The first-order chi connectivity index (χ1) is 15.3. The van der Waals surface area contributed by atoms with Crippen LogP contribution in [-0.4, -0.2) is 81.3 Å². The van der Waals surface area contributed by atoms with Crippen LogP contribution in [-0.2, 0) is 9.53 Å². The Balaban J connectivity index is 1.91. The number of thioether (sulfide) groups is 1. The molecule has 2 rings (SSSR count). The van der Waals surface area contributed by atoms with Gasteiger partial charge in [-0.3, -0.25) is 4.79 Å². The minimum Gasteiger partial charge on any atom is -0.388 e. The minimum atomic E-state index is -1.37. The molecule has 0 aromatic rings. The molecule has 0 bridgehead atoms. The molecular formula is C23H43ClN2O5S. The molecule has 188 valence electrons. The Bertz CT molecular complexity index is 556. The highest BCUT2D eigenvalue weighted by atomic mass is 35.5. The van der Waals surface area contributed by atoms with Crippen molar-refractivity contribution < 1.29 is 24.9 Å². The molecule has 2 saturated heterocycles. The number of amides is 1. The van der Waals surface area contributed by atoms with Crippen molar-refractivity contribution >= 4 is 29.3 Å². The number of carbonyl (C=O) groups is 1. The first kappa shape index (κ1) is 28.1. The van der Waals surface area contributed by atoms with E-state index >= 15 is 0 Å². The molecule has 0 spiro atoms. The lowest BCUT2D eigenvalue weighted by Crippen LogP contribution is -2.65. The molecule has 9 heteroatoms. The van der Waals surface area contributed by atoms with Crippen LogP contribution in [0.3, 0.4) is 0 Å². The molecule has 0 saturated carbocycles. The highest BCUT2D eigenvalue weighted by Gasteiger charge is 2.48. The number of nitrogens with one attached hydrogen (secondary N) is 2. The van der Waals surface area contributed by atoms with Gasteiger partial charge in [-0.25, -0.2) is 0 Å². The summed E-state index contributed by atoms with van der Waals surface area (Å²) in [5.41, 5.74) is -0.706. The number of aliphatic hydroxyl groups is 3. The molecule has 0 aliphatic carbocycles. The molecule has 2 heterocycles. The largest absolute Gasteiger partial charge is 0.388 e. The van der Waals surface area contributed by atoms with Gasteiger partial charge in [0.2, 0.25) is 5.91 Å². The number of hydrogen-bond acceptors (Lipinski definition) is 7. The van der Waals surface area contributed by atoms with Crippen LogP contribution < -0.4 is 10.6 Å². The predicted octanol–water partition coefficient (Wildman–Crippen LogP) is 2.39. The summed E-state index contributed by atoms with van der Waals surface area (Å²) in [6, 6.07) is -1.01.